The van der Waals surface area contributed by atoms with Crippen LogP contribution in [0.1, 0.15) is 15.9 Å². The molecular weight excluding hydrogens is 312 g/mol. The number of aromatic nitrogens is 3. The molecule has 0 atom stereocenters. The van der Waals surface area contributed by atoms with E-state index in [0.717, 1.165) is 23.1 Å². The Morgan fingerprint density at radius 2 is 1.88 bits per heavy atom. The molecule has 25 heavy (non-hydrogen) atoms. The van der Waals surface area contributed by atoms with Crippen LogP contribution in [0, 0.1) is 0 Å². The minimum atomic E-state index is -0.0540. The van der Waals surface area contributed by atoms with Crippen molar-refractivity contribution in [3.8, 4) is 5.69 Å². The average Bonchev–Trinajstić information content (AvgIpc) is 3.33. The zero-order valence-electron chi connectivity index (χ0n) is 13.6. The Hall–Kier alpha value is -3.34. The summed E-state index contributed by atoms with van der Waals surface area (Å²) in [6.07, 6.45) is 6.42. The van der Waals surface area contributed by atoms with Gasteiger partial charge in [0.05, 0.1) is 17.4 Å². The number of aromatic amines is 1. The molecule has 0 fully saturated rings. The highest BCUT2D eigenvalue weighted by molar-refractivity contribution is 5.94. The molecule has 0 aliphatic carbocycles. The van der Waals surface area contributed by atoms with Gasteiger partial charge in [-0.3, -0.25) is 4.79 Å². The molecule has 4 rings (SSSR count). The van der Waals surface area contributed by atoms with E-state index in [1.54, 1.807) is 6.33 Å². The van der Waals surface area contributed by atoms with Crippen LogP contribution in [-0.4, -0.2) is 27.0 Å². The molecule has 0 aliphatic heterocycles. The van der Waals surface area contributed by atoms with E-state index in [0.29, 0.717) is 12.1 Å². The predicted octanol–water partition coefficient (Wildman–Crippen LogP) is 3.33. The monoisotopic (exact) mass is 330 g/mol. The van der Waals surface area contributed by atoms with E-state index in [9.17, 15) is 4.79 Å². The number of nitrogens with zero attached hydrogens (tertiary/aromatic N) is 2. The fourth-order valence-electron chi connectivity index (χ4n) is 2.85. The van der Waals surface area contributed by atoms with Crippen LogP contribution in [0.15, 0.2) is 73.3 Å². The van der Waals surface area contributed by atoms with Crippen molar-refractivity contribution in [3.05, 3.63) is 84.4 Å². The second kappa shape index (κ2) is 6.65. The first-order chi connectivity index (χ1) is 12.3. The summed E-state index contributed by atoms with van der Waals surface area (Å²) in [5.41, 5.74) is 4.84. The smallest absolute Gasteiger partial charge is 0.251 e. The second-order valence-electron chi connectivity index (χ2n) is 5.90. The molecule has 1 amide bonds. The first kappa shape index (κ1) is 15.2. The first-order valence-electron chi connectivity index (χ1n) is 8.23. The maximum atomic E-state index is 12.3. The Morgan fingerprint density at radius 1 is 1.08 bits per heavy atom. The summed E-state index contributed by atoms with van der Waals surface area (Å²) in [4.78, 5) is 19.6. The molecule has 124 valence electrons. The molecule has 0 bridgehead atoms. The van der Waals surface area contributed by atoms with E-state index in [1.807, 2.05) is 65.5 Å². The highest BCUT2D eigenvalue weighted by Gasteiger charge is 2.06. The van der Waals surface area contributed by atoms with Crippen molar-refractivity contribution in [1.29, 1.82) is 0 Å². The van der Waals surface area contributed by atoms with E-state index in [2.05, 4.69) is 21.4 Å². The number of hydrogen-bond acceptors (Lipinski definition) is 2. The molecule has 0 radical (unpaired) electrons. The van der Waals surface area contributed by atoms with Gasteiger partial charge in [-0.05, 0) is 60.5 Å². The Kier molecular flexibility index (Phi) is 4.04. The highest BCUT2D eigenvalue weighted by atomic mass is 16.1. The van der Waals surface area contributed by atoms with Gasteiger partial charge in [-0.2, -0.15) is 0 Å². The SMILES string of the molecule is O=C(NCCc1ccc2nc[nH]c2c1)c1ccc(-n2cccc2)cc1. The van der Waals surface area contributed by atoms with Crippen molar-refractivity contribution >= 4 is 16.9 Å². The summed E-state index contributed by atoms with van der Waals surface area (Å²) in [7, 11) is 0. The lowest BCUT2D eigenvalue weighted by atomic mass is 10.1. The standard InChI is InChI=1S/C20H18N4O/c25-20(16-4-6-17(7-5-16)24-11-1-2-12-24)21-10-9-15-3-8-18-19(13-15)23-14-22-18/h1-8,11-14H,9-10H2,(H,21,25)(H,22,23). The lowest BCUT2D eigenvalue weighted by molar-refractivity contribution is 0.0954. The Balaban J connectivity index is 1.35. The number of imidazole rings is 1. The van der Waals surface area contributed by atoms with Crippen LogP contribution < -0.4 is 5.32 Å². The minimum Gasteiger partial charge on any atom is -0.352 e. The fraction of sp³-hybridized carbons (Fsp3) is 0.100. The topological polar surface area (TPSA) is 62.7 Å². The van der Waals surface area contributed by atoms with Crippen LogP contribution in [-0.2, 0) is 6.42 Å². The van der Waals surface area contributed by atoms with Gasteiger partial charge in [0.2, 0.25) is 0 Å². The predicted molar refractivity (Wildman–Crippen MR) is 97.9 cm³/mol. The third-order valence-electron chi connectivity index (χ3n) is 4.22. The molecule has 0 saturated carbocycles. The molecule has 0 aliphatic rings. The number of benzene rings is 2. The molecule has 5 nitrogen and oxygen atoms in total. The van der Waals surface area contributed by atoms with Crippen LogP contribution in [0.2, 0.25) is 0 Å². The zero-order chi connectivity index (χ0) is 17.1. The van der Waals surface area contributed by atoms with Crippen molar-refractivity contribution in [2.45, 2.75) is 6.42 Å². The van der Waals surface area contributed by atoms with Gasteiger partial charge in [-0.25, -0.2) is 4.98 Å². The molecule has 5 heteroatoms. The lowest BCUT2D eigenvalue weighted by Gasteiger charge is -2.07. The third kappa shape index (κ3) is 3.30. The van der Waals surface area contributed by atoms with Gasteiger partial charge in [0, 0.05) is 30.2 Å². The molecule has 2 aromatic heterocycles. The van der Waals surface area contributed by atoms with Gasteiger partial charge < -0.3 is 14.9 Å². The number of hydrogen-bond donors (Lipinski definition) is 2. The largest absolute Gasteiger partial charge is 0.352 e. The maximum absolute atomic E-state index is 12.3. The summed E-state index contributed by atoms with van der Waals surface area (Å²) in [5.74, 6) is -0.0540. The van der Waals surface area contributed by atoms with Crippen molar-refractivity contribution in [2.24, 2.45) is 0 Å². The van der Waals surface area contributed by atoms with Crippen LogP contribution in [0.5, 0.6) is 0 Å². The van der Waals surface area contributed by atoms with Crippen LogP contribution in [0.4, 0.5) is 0 Å². The quantitative estimate of drug-likeness (QED) is 0.589. The normalized spacial score (nSPS) is 10.9. The Morgan fingerprint density at radius 3 is 2.68 bits per heavy atom. The number of carbonyl (C=O) groups is 1. The summed E-state index contributed by atoms with van der Waals surface area (Å²) < 4.78 is 2.01. The van der Waals surface area contributed by atoms with E-state index in [4.69, 9.17) is 0 Å². The summed E-state index contributed by atoms with van der Waals surface area (Å²) in [6, 6.07) is 17.6. The second-order valence-corrected chi connectivity index (χ2v) is 5.90. The third-order valence-corrected chi connectivity index (χ3v) is 4.22. The number of fused-ring (bicyclic) bond motifs is 1. The lowest BCUT2D eigenvalue weighted by Crippen LogP contribution is -2.25. The van der Waals surface area contributed by atoms with Gasteiger partial charge >= 0.3 is 0 Å². The molecule has 0 spiro atoms. The molecule has 0 saturated heterocycles. The summed E-state index contributed by atoms with van der Waals surface area (Å²) in [6.45, 7) is 0.595. The van der Waals surface area contributed by atoms with Gasteiger partial charge in [-0.1, -0.05) is 6.07 Å². The molecule has 4 aromatic rings. The highest BCUT2D eigenvalue weighted by Crippen LogP contribution is 2.12. The molecule has 2 N–H and O–H groups in total. The van der Waals surface area contributed by atoms with Crippen LogP contribution in [0.25, 0.3) is 16.7 Å². The van der Waals surface area contributed by atoms with Crippen molar-refractivity contribution in [2.75, 3.05) is 6.54 Å². The van der Waals surface area contributed by atoms with Gasteiger partial charge in [0.15, 0.2) is 0 Å². The number of nitrogens with one attached hydrogen (secondary N) is 2. The Bertz CT molecular complexity index is 984. The minimum absolute atomic E-state index is 0.0540. The van der Waals surface area contributed by atoms with E-state index in [1.165, 1.54) is 5.56 Å². The van der Waals surface area contributed by atoms with Crippen LogP contribution in [0.3, 0.4) is 0 Å². The van der Waals surface area contributed by atoms with E-state index in [-0.39, 0.29) is 5.91 Å². The maximum Gasteiger partial charge on any atom is 0.251 e. The molecule has 0 unspecified atom stereocenters. The average molecular weight is 330 g/mol. The zero-order valence-corrected chi connectivity index (χ0v) is 13.6. The summed E-state index contributed by atoms with van der Waals surface area (Å²) >= 11 is 0. The number of rotatable bonds is 5. The van der Waals surface area contributed by atoms with Gasteiger partial charge in [-0.15, -0.1) is 0 Å². The van der Waals surface area contributed by atoms with E-state index >= 15 is 0 Å². The number of H-pyrrole nitrogens is 1. The Labute approximate surface area is 145 Å². The van der Waals surface area contributed by atoms with Crippen molar-refractivity contribution < 1.29 is 4.79 Å². The van der Waals surface area contributed by atoms with Crippen molar-refractivity contribution in [3.63, 3.8) is 0 Å². The molecule has 2 heterocycles. The van der Waals surface area contributed by atoms with E-state index < -0.39 is 0 Å². The number of amides is 1. The van der Waals surface area contributed by atoms with Crippen molar-refractivity contribution in [1.82, 2.24) is 19.9 Å². The van der Waals surface area contributed by atoms with Gasteiger partial charge in [0.25, 0.3) is 5.91 Å². The fourth-order valence-corrected chi connectivity index (χ4v) is 2.85. The van der Waals surface area contributed by atoms with Gasteiger partial charge in [0.1, 0.15) is 0 Å². The number of carbonyl (C=O) groups excluding carboxylic acids is 1. The summed E-state index contributed by atoms with van der Waals surface area (Å²) in [5, 5.41) is 2.97. The molecular formula is C20H18N4O. The first-order valence-corrected chi connectivity index (χ1v) is 8.23. The molecule has 2 aromatic carbocycles. The van der Waals surface area contributed by atoms with Crippen LogP contribution >= 0.6 is 0 Å².